The average Bonchev–Trinajstić information content (AvgIpc) is 2.39. The van der Waals surface area contributed by atoms with E-state index >= 15 is 0 Å². The van der Waals surface area contributed by atoms with Crippen LogP contribution in [0.4, 0.5) is 0 Å². The number of hydrogen-bond acceptors (Lipinski definition) is 3. The summed E-state index contributed by atoms with van der Waals surface area (Å²) >= 11 is 0. The number of nitrogens with zero attached hydrogens (tertiary/aromatic N) is 1. The van der Waals surface area contributed by atoms with E-state index in [0.717, 1.165) is 5.56 Å². The maximum Gasteiger partial charge on any atom is 0.329 e. The highest BCUT2D eigenvalue weighted by atomic mass is 16.5. The molecule has 0 spiro atoms. The quantitative estimate of drug-likeness (QED) is 0.841. The SMILES string of the molecule is Cc1ccc2c(=O)n(C3CCOCC3)c(=O)[nH]c2c1. The lowest BCUT2D eigenvalue weighted by Gasteiger charge is -2.23. The third-order valence-electron chi connectivity index (χ3n) is 3.64. The number of benzene rings is 1. The van der Waals surface area contributed by atoms with Crippen LogP contribution < -0.4 is 11.2 Å². The molecule has 2 heterocycles. The highest BCUT2D eigenvalue weighted by molar-refractivity contribution is 5.77. The minimum Gasteiger partial charge on any atom is -0.381 e. The number of nitrogens with one attached hydrogen (secondary N) is 1. The van der Waals surface area contributed by atoms with Gasteiger partial charge in [-0.3, -0.25) is 9.36 Å². The van der Waals surface area contributed by atoms with Crippen LogP contribution >= 0.6 is 0 Å². The van der Waals surface area contributed by atoms with Gasteiger partial charge in [0.1, 0.15) is 0 Å². The van der Waals surface area contributed by atoms with Gasteiger partial charge in [0.05, 0.1) is 10.9 Å². The molecule has 19 heavy (non-hydrogen) atoms. The van der Waals surface area contributed by atoms with E-state index < -0.39 is 0 Å². The Kier molecular flexibility index (Phi) is 2.98. The van der Waals surface area contributed by atoms with E-state index in [1.54, 1.807) is 6.07 Å². The van der Waals surface area contributed by atoms with Gasteiger partial charge in [0.2, 0.25) is 0 Å². The van der Waals surface area contributed by atoms with Crippen LogP contribution in [0, 0.1) is 6.92 Å². The maximum atomic E-state index is 12.5. The molecule has 0 bridgehead atoms. The Bertz CT molecular complexity index is 724. The summed E-state index contributed by atoms with van der Waals surface area (Å²) in [5.41, 5.74) is 1.10. The molecule has 1 fully saturated rings. The largest absolute Gasteiger partial charge is 0.381 e. The van der Waals surface area contributed by atoms with Gasteiger partial charge in [0.15, 0.2) is 0 Å². The Balaban J connectivity index is 2.22. The minimum atomic E-state index is -0.324. The normalized spacial score (nSPS) is 16.9. The van der Waals surface area contributed by atoms with E-state index in [2.05, 4.69) is 4.98 Å². The first-order valence-corrected chi connectivity index (χ1v) is 6.50. The summed E-state index contributed by atoms with van der Waals surface area (Å²) in [5, 5.41) is 0.566. The van der Waals surface area contributed by atoms with Crippen LogP contribution in [0.15, 0.2) is 27.8 Å². The van der Waals surface area contributed by atoms with E-state index in [1.807, 2.05) is 19.1 Å². The van der Waals surface area contributed by atoms with E-state index in [-0.39, 0.29) is 17.3 Å². The summed E-state index contributed by atoms with van der Waals surface area (Å²) in [6.07, 6.45) is 1.42. The zero-order chi connectivity index (χ0) is 13.4. The molecule has 5 heteroatoms. The Morgan fingerprint density at radius 2 is 2.00 bits per heavy atom. The lowest BCUT2D eigenvalue weighted by molar-refractivity contribution is 0.0676. The lowest BCUT2D eigenvalue weighted by atomic mass is 10.1. The molecule has 0 unspecified atom stereocenters. The first-order chi connectivity index (χ1) is 9.16. The van der Waals surface area contributed by atoms with Crippen molar-refractivity contribution in [3.63, 3.8) is 0 Å². The molecule has 0 saturated carbocycles. The average molecular weight is 260 g/mol. The predicted molar refractivity (Wildman–Crippen MR) is 72.7 cm³/mol. The van der Waals surface area contributed by atoms with Gasteiger partial charge in [-0.2, -0.15) is 0 Å². The molecule has 1 aromatic heterocycles. The molecule has 2 aromatic rings. The molecular formula is C14H16N2O3. The summed E-state index contributed by atoms with van der Waals surface area (Å²) in [6, 6.07) is 5.43. The molecule has 0 atom stereocenters. The van der Waals surface area contributed by atoms with Crippen LogP contribution in [0.1, 0.15) is 24.4 Å². The molecule has 1 N–H and O–H groups in total. The standard InChI is InChI=1S/C14H16N2O3/c1-9-2-3-11-12(8-9)15-14(18)16(13(11)17)10-4-6-19-7-5-10/h2-3,8,10H,4-7H2,1H3,(H,15,18). The summed E-state index contributed by atoms with van der Waals surface area (Å²) < 4.78 is 6.62. The van der Waals surface area contributed by atoms with Crippen molar-refractivity contribution in [2.45, 2.75) is 25.8 Å². The summed E-state index contributed by atoms with van der Waals surface area (Å²) in [7, 11) is 0. The zero-order valence-electron chi connectivity index (χ0n) is 10.8. The topological polar surface area (TPSA) is 64.1 Å². The van der Waals surface area contributed by atoms with Gasteiger partial charge in [0, 0.05) is 19.3 Å². The summed E-state index contributed by atoms with van der Waals surface area (Å²) in [6.45, 7) is 3.13. The number of H-pyrrole nitrogens is 1. The van der Waals surface area contributed by atoms with Crippen LogP contribution in [-0.2, 0) is 4.74 Å². The van der Waals surface area contributed by atoms with Crippen molar-refractivity contribution in [1.29, 1.82) is 0 Å². The van der Waals surface area contributed by atoms with Crippen molar-refractivity contribution in [3.05, 3.63) is 44.6 Å². The fourth-order valence-corrected chi connectivity index (χ4v) is 2.62. The van der Waals surface area contributed by atoms with Gasteiger partial charge in [0.25, 0.3) is 5.56 Å². The minimum absolute atomic E-state index is 0.0595. The molecule has 5 nitrogen and oxygen atoms in total. The van der Waals surface area contributed by atoms with Gasteiger partial charge < -0.3 is 9.72 Å². The van der Waals surface area contributed by atoms with E-state index in [9.17, 15) is 9.59 Å². The smallest absolute Gasteiger partial charge is 0.329 e. The fraction of sp³-hybridized carbons (Fsp3) is 0.429. The zero-order valence-corrected chi connectivity index (χ0v) is 10.8. The Morgan fingerprint density at radius 3 is 2.74 bits per heavy atom. The van der Waals surface area contributed by atoms with Gasteiger partial charge in [-0.25, -0.2) is 4.79 Å². The van der Waals surface area contributed by atoms with Crippen LogP contribution in [0.5, 0.6) is 0 Å². The van der Waals surface area contributed by atoms with Crippen molar-refractivity contribution >= 4 is 10.9 Å². The van der Waals surface area contributed by atoms with Crippen molar-refractivity contribution in [1.82, 2.24) is 9.55 Å². The second-order valence-corrected chi connectivity index (χ2v) is 5.00. The van der Waals surface area contributed by atoms with Crippen molar-refractivity contribution < 1.29 is 4.74 Å². The van der Waals surface area contributed by atoms with Crippen LogP contribution in [0.2, 0.25) is 0 Å². The lowest BCUT2D eigenvalue weighted by Crippen LogP contribution is -2.40. The number of ether oxygens (including phenoxy) is 1. The molecule has 0 radical (unpaired) electrons. The number of fused-ring (bicyclic) bond motifs is 1. The molecule has 1 saturated heterocycles. The summed E-state index contributed by atoms with van der Waals surface area (Å²) in [5.74, 6) is 0. The molecule has 1 aromatic carbocycles. The number of aryl methyl sites for hydroxylation is 1. The number of rotatable bonds is 1. The van der Waals surface area contributed by atoms with Gasteiger partial charge >= 0.3 is 5.69 Å². The van der Waals surface area contributed by atoms with Crippen LogP contribution in [0.3, 0.4) is 0 Å². The molecular weight excluding hydrogens is 244 g/mol. The third kappa shape index (κ3) is 2.10. The predicted octanol–water partition coefficient (Wildman–Crippen LogP) is 1.35. The van der Waals surface area contributed by atoms with Crippen LogP contribution in [-0.4, -0.2) is 22.8 Å². The molecule has 0 aliphatic carbocycles. The Labute approximate surface area is 109 Å². The van der Waals surface area contributed by atoms with E-state index in [0.29, 0.717) is 37.0 Å². The highest BCUT2D eigenvalue weighted by Crippen LogP contribution is 2.18. The number of aromatic amines is 1. The van der Waals surface area contributed by atoms with Crippen LogP contribution in [0.25, 0.3) is 10.9 Å². The van der Waals surface area contributed by atoms with Crippen molar-refractivity contribution in [2.75, 3.05) is 13.2 Å². The number of hydrogen-bond donors (Lipinski definition) is 1. The maximum absolute atomic E-state index is 12.5. The molecule has 1 aliphatic rings. The molecule has 3 rings (SSSR count). The fourth-order valence-electron chi connectivity index (χ4n) is 2.62. The molecule has 100 valence electrons. The first kappa shape index (κ1) is 12.2. The molecule has 1 aliphatic heterocycles. The van der Waals surface area contributed by atoms with Gasteiger partial charge in [-0.1, -0.05) is 6.07 Å². The second kappa shape index (κ2) is 4.66. The summed E-state index contributed by atoms with van der Waals surface area (Å²) in [4.78, 5) is 27.4. The van der Waals surface area contributed by atoms with Gasteiger partial charge in [-0.05, 0) is 37.5 Å². The molecule has 0 amide bonds. The van der Waals surface area contributed by atoms with E-state index in [4.69, 9.17) is 4.74 Å². The van der Waals surface area contributed by atoms with Crippen molar-refractivity contribution in [3.8, 4) is 0 Å². The monoisotopic (exact) mass is 260 g/mol. The third-order valence-corrected chi connectivity index (χ3v) is 3.64. The first-order valence-electron chi connectivity index (χ1n) is 6.50. The van der Waals surface area contributed by atoms with Crippen molar-refractivity contribution in [2.24, 2.45) is 0 Å². The Hall–Kier alpha value is -1.88. The van der Waals surface area contributed by atoms with Gasteiger partial charge in [-0.15, -0.1) is 0 Å². The Morgan fingerprint density at radius 1 is 1.26 bits per heavy atom. The number of aromatic nitrogens is 2. The highest BCUT2D eigenvalue weighted by Gasteiger charge is 2.20. The second-order valence-electron chi connectivity index (χ2n) is 5.00. The van der Waals surface area contributed by atoms with E-state index in [1.165, 1.54) is 4.57 Å².